The lowest BCUT2D eigenvalue weighted by Crippen LogP contribution is -1.95. The topological polar surface area (TPSA) is 75.2 Å². The van der Waals surface area contributed by atoms with E-state index in [9.17, 15) is 9.90 Å². The molecule has 0 spiro atoms. The summed E-state index contributed by atoms with van der Waals surface area (Å²) in [6.07, 6.45) is 3.24. The summed E-state index contributed by atoms with van der Waals surface area (Å²) < 4.78 is 5.26. The number of aliphatic hydroxyl groups is 1. The molecule has 0 aliphatic carbocycles. The van der Waals surface area contributed by atoms with E-state index in [1.165, 1.54) is 6.08 Å². The van der Waals surface area contributed by atoms with Crippen molar-refractivity contribution in [1.82, 2.24) is 10.2 Å². The normalized spacial score (nSPS) is 11.1. The maximum Gasteiger partial charge on any atom is 0.185 e. The van der Waals surface area contributed by atoms with Gasteiger partial charge in [-0.05, 0) is 73.0 Å². The number of aromatic nitrogens is 2. The molecule has 5 heteroatoms. The summed E-state index contributed by atoms with van der Waals surface area (Å²) in [6, 6.07) is 13.0. The molecule has 0 aliphatic rings. The molecule has 0 fully saturated rings. The van der Waals surface area contributed by atoms with Crippen molar-refractivity contribution in [3.63, 3.8) is 0 Å². The number of hydrogen-bond donors (Lipinski definition) is 2. The number of ether oxygens (including phenoxy) is 1. The number of nitrogens with zero attached hydrogens (tertiary/aromatic N) is 1. The van der Waals surface area contributed by atoms with Crippen molar-refractivity contribution in [2.24, 2.45) is 0 Å². The number of benzene rings is 2. The van der Waals surface area contributed by atoms with Crippen LogP contribution in [0.1, 0.15) is 32.7 Å². The minimum Gasteiger partial charge on any atom is -0.497 e. The first-order valence-corrected chi connectivity index (χ1v) is 8.64. The second kappa shape index (κ2) is 8.01. The van der Waals surface area contributed by atoms with Gasteiger partial charge in [-0.25, -0.2) is 0 Å². The lowest BCUT2D eigenvalue weighted by Gasteiger charge is -2.05. The number of methoxy groups -OCH3 is 1. The van der Waals surface area contributed by atoms with Gasteiger partial charge in [0.15, 0.2) is 5.78 Å². The van der Waals surface area contributed by atoms with Crippen molar-refractivity contribution in [3.05, 3.63) is 76.5 Å². The molecule has 138 valence electrons. The molecule has 1 aromatic heterocycles. The first kappa shape index (κ1) is 18.6. The molecule has 0 aliphatic heterocycles. The summed E-state index contributed by atoms with van der Waals surface area (Å²) >= 11 is 0. The summed E-state index contributed by atoms with van der Waals surface area (Å²) in [4.78, 5) is 12.4. The molecule has 0 atom stereocenters. The van der Waals surface area contributed by atoms with Crippen molar-refractivity contribution in [1.29, 1.82) is 0 Å². The van der Waals surface area contributed by atoms with Crippen LogP contribution in [0.4, 0.5) is 0 Å². The maximum atomic E-state index is 12.4. The second-order valence-corrected chi connectivity index (χ2v) is 6.43. The molecule has 2 aromatic carbocycles. The molecular weight excluding hydrogens is 340 g/mol. The number of carbonyl (C=O) groups is 1. The first-order chi connectivity index (χ1) is 13.0. The second-order valence-electron chi connectivity index (χ2n) is 6.43. The van der Waals surface area contributed by atoms with Gasteiger partial charge in [-0.15, -0.1) is 0 Å². The predicted molar refractivity (Wildman–Crippen MR) is 106 cm³/mol. The van der Waals surface area contributed by atoms with Crippen molar-refractivity contribution in [3.8, 4) is 17.0 Å². The molecule has 3 rings (SSSR count). The van der Waals surface area contributed by atoms with Crippen LogP contribution in [0.15, 0.2) is 48.5 Å². The molecule has 3 aromatic rings. The van der Waals surface area contributed by atoms with Crippen LogP contribution in [-0.4, -0.2) is 28.2 Å². The summed E-state index contributed by atoms with van der Waals surface area (Å²) in [7, 11) is 1.58. The van der Waals surface area contributed by atoms with Crippen molar-refractivity contribution >= 4 is 11.9 Å². The average molecular weight is 362 g/mol. The molecule has 0 saturated carbocycles. The van der Waals surface area contributed by atoms with Gasteiger partial charge in [0.2, 0.25) is 0 Å². The largest absolute Gasteiger partial charge is 0.497 e. The van der Waals surface area contributed by atoms with E-state index >= 15 is 0 Å². The Morgan fingerprint density at radius 2 is 1.96 bits per heavy atom. The molecule has 0 radical (unpaired) electrons. The number of rotatable bonds is 6. The predicted octanol–water partition coefficient (Wildman–Crippen LogP) is 4.09. The van der Waals surface area contributed by atoms with E-state index in [0.29, 0.717) is 17.0 Å². The van der Waals surface area contributed by atoms with Crippen molar-refractivity contribution < 1.29 is 14.6 Å². The van der Waals surface area contributed by atoms with Gasteiger partial charge in [-0.2, -0.15) is 5.10 Å². The Labute approximate surface area is 158 Å². The maximum absolute atomic E-state index is 12.4. The van der Waals surface area contributed by atoms with E-state index in [0.717, 1.165) is 27.9 Å². The smallest absolute Gasteiger partial charge is 0.185 e. The Bertz CT molecular complexity index is 980. The molecule has 27 heavy (non-hydrogen) atoms. The van der Waals surface area contributed by atoms with Gasteiger partial charge in [-0.1, -0.05) is 12.1 Å². The highest BCUT2D eigenvalue weighted by molar-refractivity contribution is 6.06. The number of hydrogen-bond acceptors (Lipinski definition) is 4. The summed E-state index contributed by atoms with van der Waals surface area (Å²) in [5.41, 5.74) is 5.92. The number of aromatic amines is 1. The minimum atomic E-state index is -0.0775. The van der Waals surface area contributed by atoms with Crippen molar-refractivity contribution in [2.45, 2.75) is 20.5 Å². The number of aliphatic hydroxyl groups excluding tert-OH is 1. The van der Waals surface area contributed by atoms with Gasteiger partial charge in [-0.3, -0.25) is 9.89 Å². The quantitative estimate of drug-likeness (QED) is 0.511. The zero-order valence-electron chi connectivity index (χ0n) is 15.6. The number of carbonyl (C=O) groups excluding carboxylic acids is 1. The Morgan fingerprint density at radius 3 is 2.67 bits per heavy atom. The van der Waals surface area contributed by atoms with E-state index in [2.05, 4.69) is 10.2 Å². The molecule has 1 heterocycles. The van der Waals surface area contributed by atoms with Crippen molar-refractivity contribution in [2.75, 3.05) is 7.11 Å². The van der Waals surface area contributed by atoms with E-state index in [1.54, 1.807) is 19.3 Å². The number of ketones is 1. The SMILES string of the molecule is COc1cc(CO)cc(-c2cc(/C=C/C(=O)c3ccc(C)c(C)c3)[nH]n2)c1. The molecule has 0 unspecified atom stereocenters. The van der Waals surface area contributed by atoms with Gasteiger partial charge in [0.1, 0.15) is 5.75 Å². The third-order valence-corrected chi connectivity index (χ3v) is 4.48. The Hall–Kier alpha value is -3.18. The van der Waals surface area contributed by atoms with Gasteiger partial charge < -0.3 is 9.84 Å². The minimum absolute atomic E-state index is 0.0572. The first-order valence-electron chi connectivity index (χ1n) is 8.64. The molecule has 0 saturated heterocycles. The molecule has 2 N–H and O–H groups in total. The highest BCUT2D eigenvalue weighted by Gasteiger charge is 2.08. The lowest BCUT2D eigenvalue weighted by molar-refractivity contribution is 0.104. The summed E-state index contributed by atoms with van der Waals surface area (Å²) in [5.74, 6) is 0.597. The standard InChI is InChI=1S/C22H22N2O3/c1-14-4-5-17(8-15(14)2)22(26)7-6-19-12-21(24-23-19)18-9-16(13-25)10-20(11-18)27-3/h4-12,25H,13H2,1-3H3,(H,23,24)/b7-6+. The van der Waals surface area contributed by atoms with E-state index in [4.69, 9.17) is 4.74 Å². The van der Waals surface area contributed by atoms with Crippen LogP contribution in [0.3, 0.4) is 0 Å². The van der Waals surface area contributed by atoms with Crippen LogP contribution in [-0.2, 0) is 6.61 Å². The summed E-state index contributed by atoms with van der Waals surface area (Å²) in [6.45, 7) is 3.93. The Morgan fingerprint density at radius 1 is 1.15 bits per heavy atom. The van der Waals surface area contributed by atoms with E-state index in [1.807, 2.05) is 50.2 Å². The number of nitrogens with one attached hydrogen (secondary N) is 1. The highest BCUT2D eigenvalue weighted by atomic mass is 16.5. The van der Waals surface area contributed by atoms with Crippen LogP contribution in [0.5, 0.6) is 5.75 Å². The zero-order chi connectivity index (χ0) is 19.4. The number of allylic oxidation sites excluding steroid dienone is 1. The fourth-order valence-electron chi connectivity index (χ4n) is 2.74. The lowest BCUT2D eigenvalue weighted by atomic mass is 10.0. The fraction of sp³-hybridized carbons (Fsp3) is 0.182. The Kier molecular flexibility index (Phi) is 5.52. The van der Waals surface area contributed by atoms with E-state index in [-0.39, 0.29) is 12.4 Å². The van der Waals surface area contributed by atoms with Gasteiger partial charge >= 0.3 is 0 Å². The van der Waals surface area contributed by atoms with E-state index < -0.39 is 0 Å². The van der Waals surface area contributed by atoms with Crippen LogP contribution in [0, 0.1) is 13.8 Å². The van der Waals surface area contributed by atoms with Gasteiger partial charge in [0.25, 0.3) is 0 Å². The van der Waals surface area contributed by atoms with Gasteiger partial charge in [0.05, 0.1) is 25.1 Å². The monoisotopic (exact) mass is 362 g/mol. The summed E-state index contributed by atoms with van der Waals surface area (Å²) in [5, 5.41) is 16.6. The molecule has 0 amide bonds. The Balaban J connectivity index is 1.80. The average Bonchev–Trinajstić information content (AvgIpc) is 3.16. The number of aryl methyl sites for hydroxylation is 2. The molecule has 0 bridgehead atoms. The van der Waals surface area contributed by atoms with Crippen LogP contribution < -0.4 is 4.74 Å². The highest BCUT2D eigenvalue weighted by Crippen LogP contribution is 2.25. The molecule has 5 nitrogen and oxygen atoms in total. The third-order valence-electron chi connectivity index (χ3n) is 4.48. The van der Waals surface area contributed by atoms with Crippen LogP contribution >= 0.6 is 0 Å². The van der Waals surface area contributed by atoms with Gasteiger partial charge in [0, 0.05) is 11.1 Å². The molecular formula is C22H22N2O3. The third kappa shape index (κ3) is 4.33. The van der Waals surface area contributed by atoms with Crippen LogP contribution in [0.2, 0.25) is 0 Å². The van der Waals surface area contributed by atoms with Crippen LogP contribution in [0.25, 0.3) is 17.3 Å². The number of H-pyrrole nitrogens is 1. The zero-order valence-corrected chi connectivity index (χ0v) is 15.6. The fourth-order valence-corrected chi connectivity index (χ4v) is 2.74.